The fraction of sp³-hybridized carbons (Fsp3) is 0.154. The van der Waals surface area contributed by atoms with Gasteiger partial charge in [-0.25, -0.2) is 4.79 Å². The molecule has 0 saturated carbocycles. The molecule has 1 aliphatic rings. The lowest BCUT2D eigenvalue weighted by molar-refractivity contribution is -0.129. The Hall–Kier alpha value is -3.97. The molecule has 0 radical (unpaired) electrons. The van der Waals surface area contributed by atoms with E-state index in [1.165, 1.54) is 6.92 Å². The average molecular weight is 477 g/mol. The number of carbonyl (C=O) groups is 4. The summed E-state index contributed by atoms with van der Waals surface area (Å²) < 4.78 is 5.30. The van der Waals surface area contributed by atoms with Crippen molar-refractivity contribution in [3.05, 3.63) is 106 Å². The van der Waals surface area contributed by atoms with E-state index < -0.39 is 18.0 Å². The van der Waals surface area contributed by atoms with Gasteiger partial charge >= 0.3 is 5.97 Å². The van der Waals surface area contributed by atoms with Gasteiger partial charge in [0.1, 0.15) is 0 Å². The highest BCUT2D eigenvalue weighted by molar-refractivity contribution is 6.31. The van der Waals surface area contributed by atoms with Gasteiger partial charge in [0.25, 0.3) is 17.7 Å². The maximum Gasteiger partial charge on any atom is 0.338 e. The van der Waals surface area contributed by atoms with Crippen molar-refractivity contribution in [1.82, 2.24) is 10.2 Å². The normalized spacial score (nSPS) is 13.4. The summed E-state index contributed by atoms with van der Waals surface area (Å²) in [5.74, 6) is -1.91. The van der Waals surface area contributed by atoms with Crippen LogP contribution in [0.4, 0.5) is 0 Å². The van der Waals surface area contributed by atoms with Gasteiger partial charge < -0.3 is 10.1 Å². The number of benzene rings is 3. The number of fused-ring (bicyclic) bond motifs is 1. The lowest BCUT2D eigenvalue weighted by atomic mass is 10.1. The molecule has 1 aliphatic heterocycles. The largest absolute Gasteiger partial charge is 0.449 e. The molecule has 3 amide bonds. The van der Waals surface area contributed by atoms with E-state index in [9.17, 15) is 19.2 Å². The number of esters is 1. The number of carbonyl (C=O) groups excluding carboxylic acids is 4. The molecule has 0 bridgehead atoms. The monoisotopic (exact) mass is 476 g/mol. The van der Waals surface area contributed by atoms with Crippen LogP contribution in [-0.4, -0.2) is 34.7 Å². The lowest BCUT2D eigenvalue weighted by Gasteiger charge is -2.16. The molecule has 7 nitrogen and oxygen atoms in total. The molecule has 172 valence electrons. The standard InChI is InChI=1S/C26H21ClN2O5/c1-16(23(30)28-14-19-8-2-5-12-22(19)27)34-26(33)18-9-6-7-17(13-18)15-29-24(31)20-10-3-4-11-21(20)25(29)32/h2-13,16H,14-15H2,1H3,(H,28,30). The van der Waals surface area contributed by atoms with Gasteiger partial charge in [0.15, 0.2) is 6.10 Å². The van der Waals surface area contributed by atoms with Crippen molar-refractivity contribution in [3.8, 4) is 0 Å². The van der Waals surface area contributed by atoms with Gasteiger partial charge in [0, 0.05) is 11.6 Å². The summed E-state index contributed by atoms with van der Waals surface area (Å²) in [6.45, 7) is 1.69. The van der Waals surface area contributed by atoms with Gasteiger partial charge in [0.2, 0.25) is 0 Å². The quantitative estimate of drug-likeness (QED) is 0.411. The Balaban J connectivity index is 1.37. The van der Waals surface area contributed by atoms with E-state index >= 15 is 0 Å². The molecule has 0 aliphatic carbocycles. The second kappa shape index (κ2) is 9.89. The fourth-order valence-electron chi connectivity index (χ4n) is 3.61. The Labute approximate surface area is 201 Å². The Morgan fingerprint density at radius 3 is 2.26 bits per heavy atom. The van der Waals surface area contributed by atoms with Gasteiger partial charge in [-0.1, -0.05) is 54.1 Å². The molecule has 34 heavy (non-hydrogen) atoms. The molecule has 8 heteroatoms. The number of nitrogens with one attached hydrogen (secondary N) is 1. The number of nitrogens with zero attached hydrogens (tertiary/aromatic N) is 1. The van der Waals surface area contributed by atoms with Gasteiger partial charge in [-0.15, -0.1) is 0 Å². The van der Waals surface area contributed by atoms with Crippen molar-refractivity contribution in [3.63, 3.8) is 0 Å². The first-order valence-electron chi connectivity index (χ1n) is 10.6. The van der Waals surface area contributed by atoms with Crippen molar-refractivity contribution in [2.75, 3.05) is 0 Å². The van der Waals surface area contributed by atoms with E-state index in [0.717, 1.165) is 10.5 Å². The number of halogens is 1. The first-order chi connectivity index (χ1) is 16.3. The summed E-state index contributed by atoms with van der Waals surface area (Å²) in [7, 11) is 0. The molecule has 3 aromatic rings. The third kappa shape index (κ3) is 4.84. The highest BCUT2D eigenvalue weighted by atomic mass is 35.5. The van der Waals surface area contributed by atoms with Crippen LogP contribution in [0.3, 0.4) is 0 Å². The molecule has 0 saturated heterocycles. The zero-order valence-electron chi connectivity index (χ0n) is 18.3. The molecule has 1 atom stereocenters. The number of amides is 3. The predicted octanol–water partition coefficient (Wildman–Crippen LogP) is 4.00. The van der Waals surface area contributed by atoms with Crippen molar-refractivity contribution in [1.29, 1.82) is 0 Å². The molecule has 1 unspecified atom stereocenters. The number of ether oxygens (including phenoxy) is 1. The van der Waals surface area contributed by atoms with E-state index in [2.05, 4.69) is 5.32 Å². The van der Waals surface area contributed by atoms with E-state index in [1.807, 2.05) is 6.07 Å². The van der Waals surface area contributed by atoms with Crippen molar-refractivity contribution in [2.45, 2.75) is 26.1 Å². The van der Waals surface area contributed by atoms with Crippen LogP contribution < -0.4 is 5.32 Å². The van der Waals surface area contributed by atoms with Crippen LogP contribution in [0.15, 0.2) is 72.8 Å². The molecule has 0 fully saturated rings. The number of imide groups is 1. The minimum Gasteiger partial charge on any atom is -0.449 e. The Morgan fingerprint density at radius 2 is 1.59 bits per heavy atom. The maximum absolute atomic E-state index is 12.6. The Morgan fingerprint density at radius 1 is 0.941 bits per heavy atom. The minimum absolute atomic E-state index is 0.0152. The molecule has 4 rings (SSSR count). The number of hydrogen-bond acceptors (Lipinski definition) is 5. The third-order valence-electron chi connectivity index (χ3n) is 5.45. The SMILES string of the molecule is CC(OC(=O)c1cccc(CN2C(=O)c3ccccc3C2=O)c1)C(=O)NCc1ccccc1Cl. The minimum atomic E-state index is -1.03. The summed E-state index contributed by atoms with van der Waals surface area (Å²) in [5, 5.41) is 3.22. The zero-order chi connectivity index (χ0) is 24.2. The van der Waals surface area contributed by atoms with Crippen LogP contribution in [0.2, 0.25) is 5.02 Å². The second-order valence-electron chi connectivity index (χ2n) is 7.80. The molecule has 0 aromatic heterocycles. The van der Waals surface area contributed by atoms with Gasteiger partial charge in [-0.3, -0.25) is 19.3 Å². The number of hydrogen-bond donors (Lipinski definition) is 1. The van der Waals surface area contributed by atoms with Crippen molar-refractivity contribution >= 4 is 35.3 Å². The summed E-state index contributed by atoms with van der Waals surface area (Å²) in [6.07, 6.45) is -1.03. The fourth-order valence-corrected chi connectivity index (χ4v) is 3.81. The topological polar surface area (TPSA) is 92.8 Å². The lowest BCUT2D eigenvalue weighted by Crippen LogP contribution is -2.35. The highest BCUT2D eigenvalue weighted by Crippen LogP contribution is 2.24. The third-order valence-corrected chi connectivity index (χ3v) is 5.81. The summed E-state index contributed by atoms with van der Waals surface area (Å²) >= 11 is 6.09. The van der Waals surface area contributed by atoms with Crippen LogP contribution in [0.1, 0.15) is 49.1 Å². The number of rotatable bonds is 7. The zero-order valence-corrected chi connectivity index (χ0v) is 19.0. The van der Waals surface area contributed by atoms with E-state index in [1.54, 1.807) is 66.7 Å². The van der Waals surface area contributed by atoms with Crippen LogP contribution >= 0.6 is 11.6 Å². The molecule has 1 heterocycles. The summed E-state index contributed by atoms with van der Waals surface area (Å²) in [4.78, 5) is 51.3. The Kier molecular flexibility index (Phi) is 6.75. The van der Waals surface area contributed by atoms with Crippen LogP contribution in [-0.2, 0) is 22.6 Å². The smallest absolute Gasteiger partial charge is 0.338 e. The molecule has 3 aromatic carbocycles. The van der Waals surface area contributed by atoms with Crippen molar-refractivity contribution in [2.24, 2.45) is 0 Å². The molecular formula is C26H21ClN2O5. The average Bonchev–Trinajstić information content (AvgIpc) is 3.08. The second-order valence-corrected chi connectivity index (χ2v) is 8.21. The predicted molar refractivity (Wildman–Crippen MR) is 125 cm³/mol. The molecule has 0 spiro atoms. The summed E-state index contributed by atoms with van der Waals surface area (Å²) in [5.41, 5.74) is 2.26. The van der Waals surface area contributed by atoms with Crippen molar-refractivity contribution < 1.29 is 23.9 Å². The molecular weight excluding hydrogens is 456 g/mol. The highest BCUT2D eigenvalue weighted by Gasteiger charge is 2.35. The Bertz CT molecular complexity index is 1250. The first kappa shape index (κ1) is 23.2. The van der Waals surface area contributed by atoms with Crippen LogP contribution in [0.25, 0.3) is 0 Å². The van der Waals surface area contributed by atoms with Crippen LogP contribution in [0, 0.1) is 0 Å². The van der Waals surface area contributed by atoms with Gasteiger partial charge in [0.05, 0.1) is 23.2 Å². The van der Waals surface area contributed by atoms with Gasteiger partial charge in [-0.2, -0.15) is 0 Å². The summed E-state index contributed by atoms with van der Waals surface area (Å²) in [6, 6.07) is 20.2. The van der Waals surface area contributed by atoms with E-state index in [0.29, 0.717) is 21.7 Å². The van der Waals surface area contributed by atoms with Gasteiger partial charge in [-0.05, 0) is 48.4 Å². The maximum atomic E-state index is 12.6. The van der Waals surface area contributed by atoms with E-state index in [4.69, 9.17) is 16.3 Å². The molecule has 1 N–H and O–H groups in total. The first-order valence-corrected chi connectivity index (χ1v) is 11.0. The van der Waals surface area contributed by atoms with Crippen LogP contribution in [0.5, 0.6) is 0 Å². The van der Waals surface area contributed by atoms with E-state index in [-0.39, 0.29) is 30.5 Å².